The van der Waals surface area contributed by atoms with Gasteiger partial charge in [0, 0.05) is 23.9 Å². The Morgan fingerprint density at radius 3 is 2.61 bits per heavy atom. The third-order valence-electron chi connectivity index (χ3n) is 5.80. The molecular weight excluding hydrogens is 416 g/mol. The zero-order valence-electron chi connectivity index (χ0n) is 19.4. The van der Waals surface area contributed by atoms with Crippen molar-refractivity contribution >= 4 is 23.0 Å². The molecule has 2 aromatic carbocycles. The average Bonchev–Trinajstić information content (AvgIpc) is 3.19. The molecule has 7 heteroatoms. The highest BCUT2D eigenvalue weighted by atomic mass is 16.5. The summed E-state index contributed by atoms with van der Waals surface area (Å²) in [5.74, 6) is 1.20. The Kier molecular flexibility index (Phi) is 6.58. The summed E-state index contributed by atoms with van der Waals surface area (Å²) in [6, 6.07) is 15.8. The lowest BCUT2D eigenvalue weighted by atomic mass is 10.1. The van der Waals surface area contributed by atoms with Crippen molar-refractivity contribution in [1.29, 1.82) is 0 Å². The van der Waals surface area contributed by atoms with Crippen LogP contribution in [0.15, 0.2) is 54.7 Å². The number of carbonyl (C=O) groups excluding carboxylic acids is 1. The molecule has 0 bridgehead atoms. The molecule has 4 aromatic rings. The number of fused-ring (bicyclic) bond motifs is 1. The van der Waals surface area contributed by atoms with Crippen molar-refractivity contribution < 1.29 is 14.3 Å². The van der Waals surface area contributed by atoms with Gasteiger partial charge >= 0.3 is 5.97 Å². The number of carbonyl (C=O) groups is 1. The number of aryl methyl sites for hydroxylation is 3. The van der Waals surface area contributed by atoms with Gasteiger partial charge in [-0.15, -0.1) is 0 Å². The number of esters is 1. The highest BCUT2D eigenvalue weighted by Gasteiger charge is 2.15. The Labute approximate surface area is 193 Å². The average molecular weight is 445 g/mol. The lowest BCUT2D eigenvalue weighted by molar-refractivity contribution is 0.0601. The quantitative estimate of drug-likeness (QED) is 0.397. The largest absolute Gasteiger partial charge is 0.496 e. The number of hydrogen-bond donors (Lipinski definition) is 1. The van der Waals surface area contributed by atoms with Gasteiger partial charge in [0.15, 0.2) is 0 Å². The lowest BCUT2D eigenvalue weighted by Crippen LogP contribution is -2.11. The fraction of sp³-hybridized carbons (Fsp3) is 0.269. The van der Waals surface area contributed by atoms with E-state index >= 15 is 0 Å². The first-order valence-electron chi connectivity index (χ1n) is 10.9. The van der Waals surface area contributed by atoms with Crippen LogP contribution in [0.25, 0.3) is 11.0 Å². The molecule has 7 nitrogen and oxygen atoms in total. The number of hydrogen-bond acceptors (Lipinski definition) is 6. The van der Waals surface area contributed by atoms with E-state index in [2.05, 4.69) is 27.0 Å². The molecule has 4 rings (SSSR count). The van der Waals surface area contributed by atoms with Gasteiger partial charge in [0.25, 0.3) is 0 Å². The minimum Gasteiger partial charge on any atom is -0.496 e. The molecule has 2 aromatic heterocycles. The first-order valence-corrected chi connectivity index (χ1v) is 10.9. The van der Waals surface area contributed by atoms with Crippen LogP contribution >= 0.6 is 0 Å². The summed E-state index contributed by atoms with van der Waals surface area (Å²) in [7, 11) is 3.05. The van der Waals surface area contributed by atoms with E-state index in [-0.39, 0.29) is 5.97 Å². The maximum absolute atomic E-state index is 12.0. The molecule has 0 radical (unpaired) electrons. The summed E-state index contributed by atoms with van der Waals surface area (Å²) in [6.45, 7) is 5.24. The molecule has 0 unspecified atom stereocenters. The smallest absolute Gasteiger partial charge is 0.337 e. The fourth-order valence-corrected chi connectivity index (χ4v) is 4.03. The van der Waals surface area contributed by atoms with Crippen LogP contribution in [0.2, 0.25) is 0 Å². The monoisotopic (exact) mass is 444 g/mol. The van der Waals surface area contributed by atoms with E-state index in [9.17, 15) is 4.79 Å². The van der Waals surface area contributed by atoms with Crippen LogP contribution in [0.4, 0.5) is 5.95 Å². The highest BCUT2D eigenvalue weighted by molar-refractivity contribution is 5.94. The van der Waals surface area contributed by atoms with E-state index in [1.807, 2.05) is 44.3 Å². The molecule has 2 heterocycles. The second-order valence-electron chi connectivity index (χ2n) is 7.92. The molecule has 0 aliphatic heterocycles. The molecule has 170 valence electrons. The van der Waals surface area contributed by atoms with Crippen molar-refractivity contribution in [1.82, 2.24) is 14.5 Å². The second-order valence-corrected chi connectivity index (χ2v) is 7.92. The van der Waals surface area contributed by atoms with E-state index in [4.69, 9.17) is 14.5 Å². The van der Waals surface area contributed by atoms with Gasteiger partial charge in [-0.25, -0.2) is 9.78 Å². The summed E-state index contributed by atoms with van der Waals surface area (Å²) in [4.78, 5) is 21.4. The predicted molar refractivity (Wildman–Crippen MR) is 129 cm³/mol. The first kappa shape index (κ1) is 22.3. The van der Waals surface area contributed by atoms with Crippen LogP contribution in [0.3, 0.4) is 0 Å². The van der Waals surface area contributed by atoms with Crippen LogP contribution in [0, 0.1) is 13.8 Å². The van der Waals surface area contributed by atoms with E-state index in [1.54, 1.807) is 19.2 Å². The van der Waals surface area contributed by atoms with Gasteiger partial charge in [-0.3, -0.25) is 4.98 Å². The third kappa shape index (κ3) is 4.67. The Morgan fingerprint density at radius 1 is 1.09 bits per heavy atom. The molecule has 1 N–H and O–H groups in total. The zero-order chi connectivity index (χ0) is 23.4. The summed E-state index contributed by atoms with van der Waals surface area (Å²) in [6.07, 6.45) is 2.68. The molecule has 0 saturated heterocycles. The lowest BCUT2D eigenvalue weighted by Gasteiger charge is -2.14. The molecule has 0 spiro atoms. The number of nitrogens with zero attached hydrogens (tertiary/aromatic N) is 3. The van der Waals surface area contributed by atoms with Crippen LogP contribution in [0.5, 0.6) is 5.75 Å². The zero-order valence-corrected chi connectivity index (χ0v) is 19.4. The molecule has 0 amide bonds. The van der Waals surface area contributed by atoms with E-state index < -0.39 is 0 Å². The maximum Gasteiger partial charge on any atom is 0.337 e. The second kappa shape index (κ2) is 9.73. The standard InChI is InChI=1S/C26H28N4O3/c1-17-15-27-22(18(2)24(17)32-3)16-28-26-29-21-14-20(25(31)33-4)10-11-23(21)30(26)13-12-19-8-6-5-7-9-19/h5-11,14-15H,12-13,16H2,1-4H3,(H,28,29). The summed E-state index contributed by atoms with van der Waals surface area (Å²) < 4.78 is 12.6. The topological polar surface area (TPSA) is 78.3 Å². The van der Waals surface area contributed by atoms with Crippen molar-refractivity contribution in [2.75, 3.05) is 19.5 Å². The molecule has 0 saturated carbocycles. The molecule has 0 atom stereocenters. The first-order chi connectivity index (χ1) is 16.0. The van der Waals surface area contributed by atoms with Crippen LogP contribution in [-0.2, 0) is 24.2 Å². The van der Waals surface area contributed by atoms with Gasteiger partial charge in [0.05, 0.1) is 43.1 Å². The predicted octanol–water partition coefficient (Wildman–Crippen LogP) is 4.70. The number of benzene rings is 2. The molecular formula is C26H28N4O3. The summed E-state index contributed by atoms with van der Waals surface area (Å²) in [5.41, 5.74) is 6.32. The number of imidazole rings is 1. The van der Waals surface area contributed by atoms with Crippen LogP contribution in [-0.4, -0.2) is 34.7 Å². The van der Waals surface area contributed by atoms with Crippen molar-refractivity contribution in [2.45, 2.75) is 33.4 Å². The van der Waals surface area contributed by atoms with Gasteiger partial charge in [-0.05, 0) is 44.0 Å². The highest BCUT2D eigenvalue weighted by Crippen LogP contribution is 2.26. The van der Waals surface area contributed by atoms with E-state index in [1.165, 1.54) is 12.7 Å². The van der Waals surface area contributed by atoms with E-state index in [0.29, 0.717) is 12.1 Å². The SMILES string of the molecule is COC(=O)c1ccc2c(c1)nc(NCc1ncc(C)c(OC)c1C)n2CCc1ccccc1. The minimum atomic E-state index is -0.378. The van der Waals surface area contributed by atoms with Gasteiger partial charge in [0.2, 0.25) is 5.95 Å². The number of aromatic nitrogens is 3. The number of ether oxygens (including phenoxy) is 2. The number of anilines is 1. The van der Waals surface area contributed by atoms with Crippen LogP contribution in [0.1, 0.15) is 32.7 Å². The van der Waals surface area contributed by atoms with Gasteiger partial charge < -0.3 is 19.4 Å². The van der Waals surface area contributed by atoms with Gasteiger partial charge in [0.1, 0.15) is 5.75 Å². The Morgan fingerprint density at radius 2 is 1.88 bits per heavy atom. The van der Waals surface area contributed by atoms with E-state index in [0.717, 1.165) is 52.5 Å². The maximum atomic E-state index is 12.0. The van der Waals surface area contributed by atoms with Crippen molar-refractivity contribution in [3.8, 4) is 5.75 Å². The van der Waals surface area contributed by atoms with Crippen molar-refractivity contribution in [3.05, 3.63) is 82.7 Å². The number of rotatable bonds is 8. The van der Waals surface area contributed by atoms with Crippen molar-refractivity contribution in [3.63, 3.8) is 0 Å². The number of pyridine rings is 1. The molecule has 0 aliphatic rings. The molecule has 0 fully saturated rings. The normalized spacial score (nSPS) is 10.9. The Bertz CT molecular complexity index is 1280. The summed E-state index contributed by atoms with van der Waals surface area (Å²) in [5, 5.41) is 3.45. The fourth-order valence-electron chi connectivity index (χ4n) is 4.03. The number of methoxy groups -OCH3 is 2. The summed E-state index contributed by atoms with van der Waals surface area (Å²) >= 11 is 0. The Balaban J connectivity index is 1.67. The minimum absolute atomic E-state index is 0.378. The van der Waals surface area contributed by atoms with Crippen molar-refractivity contribution in [2.24, 2.45) is 0 Å². The number of nitrogens with one attached hydrogen (secondary N) is 1. The van der Waals surface area contributed by atoms with Gasteiger partial charge in [-0.1, -0.05) is 30.3 Å². The van der Waals surface area contributed by atoms with Gasteiger partial charge in [-0.2, -0.15) is 0 Å². The van der Waals surface area contributed by atoms with Crippen LogP contribution < -0.4 is 10.1 Å². The molecule has 33 heavy (non-hydrogen) atoms. The molecule has 0 aliphatic carbocycles. The Hall–Kier alpha value is -3.87. The third-order valence-corrected chi connectivity index (χ3v) is 5.80.